The van der Waals surface area contributed by atoms with Crippen LogP contribution in [-0.4, -0.2) is 23.8 Å². The summed E-state index contributed by atoms with van der Waals surface area (Å²) in [5, 5.41) is 2.66. The van der Waals surface area contributed by atoms with Crippen LogP contribution in [0.4, 0.5) is 18.9 Å². The second kappa shape index (κ2) is 8.26. The Labute approximate surface area is 157 Å². The van der Waals surface area contributed by atoms with Crippen LogP contribution >= 0.6 is 23.5 Å². The van der Waals surface area contributed by atoms with Gasteiger partial charge in [0.2, 0.25) is 0 Å². The first-order valence-electron chi connectivity index (χ1n) is 7.91. The first-order valence-corrected chi connectivity index (χ1v) is 10.0. The third-order valence-corrected chi connectivity index (χ3v) is 6.63. The van der Waals surface area contributed by atoms with Crippen molar-refractivity contribution in [1.82, 2.24) is 0 Å². The maximum Gasteiger partial charge on any atom is 0.573 e. The number of rotatable bonds is 4. The number of halogens is 3. The Morgan fingerprint density at radius 1 is 1.00 bits per heavy atom. The Hall–Kier alpha value is -1.80. The number of hydrogen-bond donors (Lipinski definition) is 1. The molecular formula is C18H16F3NO2S2. The van der Waals surface area contributed by atoms with Gasteiger partial charge in [0.15, 0.2) is 0 Å². The molecule has 1 fully saturated rings. The molecule has 26 heavy (non-hydrogen) atoms. The van der Waals surface area contributed by atoms with Gasteiger partial charge < -0.3 is 10.1 Å². The topological polar surface area (TPSA) is 38.3 Å². The van der Waals surface area contributed by atoms with Crippen molar-refractivity contribution in [2.24, 2.45) is 0 Å². The van der Waals surface area contributed by atoms with E-state index < -0.39 is 6.36 Å². The summed E-state index contributed by atoms with van der Waals surface area (Å²) in [6, 6.07) is 12.5. The van der Waals surface area contributed by atoms with Gasteiger partial charge in [-0.1, -0.05) is 12.1 Å². The number of hydrogen-bond acceptors (Lipinski definition) is 4. The van der Waals surface area contributed by atoms with E-state index in [2.05, 4.69) is 10.1 Å². The van der Waals surface area contributed by atoms with Gasteiger partial charge >= 0.3 is 6.36 Å². The number of carbonyl (C=O) groups is 1. The zero-order chi connectivity index (χ0) is 18.6. The van der Waals surface area contributed by atoms with E-state index in [0.29, 0.717) is 15.8 Å². The second-order valence-corrected chi connectivity index (χ2v) is 8.30. The van der Waals surface area contributed by atoms with Crippen molar-refractivity contribution in [3.05, 3.63) is 59.7 Å². The van der Waals surface area contributed by atoms with Crippen LogP contribution in [0.2, 0.25) is 0 Å². The molecule has 0 unspecified atom stereocenters. The molecule has 1 amide bonds. The highest BCUT2D eigenvalue weighted by atomic mass is 32.2. The number of carbonyl (C=O) groups excluding carboxylic acids is 1. The molecule has 3 rings (SSSR count). The van der Waals surface area contributed by atoms with Crippen molar-refractivity contribution in [2.75, 3.05) is 16.8 Å². The molecule has 0 radical (unpaired) electrons. The molecule has 0 atom stereocenters. The lowest BCUT2D eigenvalue weighted by atomic mass is 10.1. The van der Waals surface area contributed by atoms with E-state index in [4.69, 9.17) is 0 Å². The standard InChI is InChI=1S/C18H16F3NO2S2/c19-18(20,21)24-15-8-6-14(7-9-15)22-16(23)12-2-4-13(5-3-12)17-25-10-1-11-26-17/h2-9,17H,1,10-11H2,(H,22,23). The number of anilines is 1. The first kappa shape index (κ1) is 19.0. The number of ether oxygens (including phenoxy) is 1. The van der Waals surface area contributed by atoms with Crippen LogP contribution in [0.3, 0.4) is 0 Å². The fraction of sp³-hybridized carbons (Fsp3) is 0.278. The predicted octanol–water partition coefficient (Wildman–Crippen LogP) is 5.71. The van der Waals surface area contributed by atoms with Crippen LogP contribution in [0.5, 0.6) is 5.75 Å². The van der Waals surface area contributed by atoms with Crippen molar-refractivity contribution in [3.8, 4) is 5.75 Å². The Kier molecular flexibility index (Phi) is 6.03. The van der Waals surface area contributed by atoms with E-state index in [9.17, 15) is 18.0 Å². The molecule has 8 heteroatoms. The van der Waals surface area contributed by atoms with Crippen molar-refractivity contribution in [3.63, 3.8) is 0 Å². The fourth-order valence-electron chi connectivity index (χ4n) is 2.42. The minimum Gasteiger partial charge on any atom is -0.406 e. The zero-order valence-electron chi connectivity index (χ0n) is 13.6. The van der Waals surface area contributed by atoms with E-state index >= 15 is 0 Å². The monoisotopic (exact) mass is 399 g/mol. The molecule has 2 aromatic rings. The summed E-state index contributed by atoms with van der Waals surface area (Å²) in [4.78, 5) is 12.3. The number of nitrogens with one attached hydrogen (secondary N) is 1. The van der Waals surface area contributed by atoms with Gasteiger partial charge in [0.05, 0.1) is 4.58 Å². The second-order valence-electron chi connectivity index (χ2n) is 5.58. The molecule has 2 aromatic carbocycles. The minimum atomic E-state index is -4.73. The molecule has 0 aliphatic carbocycles. The summed E-state index contributed by atoms with van der Waals surface area (Å²) in [6.07, 6.45) is -3.51. The van der Waals surface area contributed by atoms with Crippen molar-refractivity contribution < 1.29 is 22.7 Å². The number of benzene rings is 2. The van der Waals surface area contributed by atoms with Crippen LogP contribution in [0.25, 0.3) is 0 Å². The zero-order valence-corrected chi connectivity index (χ0v) is 15.2. The SMILES string of the molecule is O=C(Nc1ccc(OC(F)(F)F)cc1)c1ccc(C2SCCCS2)cc1. The highest BCUT2D eigenvalue weighted by Gasteiger charge is 2.31. The van der Waals surface area contributed by atoms with Gasteiger partial charge in [-0.15, -0.1) is 36.7 Å². The van der Waals surface area contributed by atoms with Gasteiger partial charge in [0.1, 0.15) is 5.75 Å². The molecule has 1 aliphatic rings. The average molecular weight is 399 g/mol. The van der Waals surface area contributed by atoms with Gasteiger partial charge in [-0.25, -0.2) is 0 Å². The van der Waals surface area contributed by atoms with Gasteiger partial charge in [0.25, 0.3) is 5.91 Å². The Morgan fingerprint density at radius 3 is 2.19 bits per heavy atom. The van der Waals surface area contributed by atoms with Crippen LogP contribution in [0.1, 0.15) is 26.9 Å². The Morgan fingerprint density at radius 2 is 1.62 bits per heavy atom. The van der Waals surface area contributed by atoms with Gasteiger partial charge in [-0.2, -0.15) is 0 Å². The molecule has 0 saturated carbocycles. The molecule has 0 spiro atoms. The quantitative estimate of drug-likeness (QED) is 0.715. The van der Waals surface area contributed by atoms with E-state index in [1.165, 1.54) is 24.1 Å². The van der Waals surface area contributed by atoms with E-state index in [0.717, 1.165) is 23.6 Å². The van der Waals surface area contributed by atoms with E-state index in [-0.39, 0.29) is 11.7 Å². The van der Waals surface area contributed by atoms with Crippen molar-refractivity contribution in [2.45, 2.75) is 17.4 Å². The summed E-state index contributed by atoms with van der Waals surface area (Å²) < 4.78 is 40.6. The lowest BCUT2D eigenvalue weighted by Gasteiger charge is -2.21. The smallest absolute Gasteiger partial charge is 0.406 e. The maximum atomic E-state index is 12.3. The summed E-state index contributed by atoms with van der Waals surface area (Å²) in [6.45, 7) is 0. The van der Waals surface area contributed by atoms with E-state index in [1.807, 2.05) is 35.7 Å². The molecule has 1 saturated heterocycles. The molecule has 0 aromatic heterocycles. The van der Waals surface area contributed by atoms with Gasteiger partial charge in [-0.3, -0.25) is 4.79 Å². The Bertz CT molecular complexity index is 743. The van der Waals surface area contributed by atoms with Crippen molar-refractivity contribution >= 4 is 35.1 Å². The maximum absolute atomic E-state index is 12.3. The summed E-state index contributed by atoms with van der Waals surface area (Å²) >= 11 is 3.82. The summed E-state index contributed by atoms with van der Waals surface area (Å²) in [7, 11) is 0. The average Bonchev–Trinajstić information content (AvgIpc) is 2.63. The Balaban J connectivity index is 1.60. The van der Waals surface area contributed by atoms with Crippen LogP contribution in [-0.2, 0) is 0 Å². The normalized spacial score (nSPS) is 15.5. The summed E-state index contributed by atoms with van der Waals surface area (Å²) in [5.74, 6) is 1.65. The van der Waals surface area contributed by atoms with Crippen molar-refractivity contribution in [1.29, 1.82) is 0 Å². The number of thioether (sulfide) groups is 2. The largest absolute Gasteiger partial charge is 0.573 e. The summed E-state index contributed by atoms with van der Waals surface area (Å²) in [5.41, 5.74) is 2.08. The number of alkyl halides is 3. The van der Waals surface area contributed by atoms with Crippen LogP contribution in [0, 0.1) is 0 Å². The fourth-order valence-corrected chi connectivity index (χ4v) is 5.31. The predicted molar refractivity (Wildman–Crippen MR) is 99.8 cm³/mol. The molecule has 1 N–H and O–H groups in total. The first-order chi connectivity index (χ1) is 12.4. The lowest BCUT2D eigenvalue weighted by molar-refractivity contribution is -0.274. The molecule has 1 heterocycles. The highest BCUT2D eigenvalue weighted by Crippen LogP contribution is 2.43. The van der Waals surface area contributed by atoms with E-state index in [1.54, 1.807) is 12.1 Å². The third-order valence-electron chi connectivity index (χ3n) is 3.62. The van der Waals surface area contributed by atoms with Crippen LogP contribution in [0.15, 0.2) is 48.5 Å². The van der Waals surface area contributed by atoms with Gasteiger partial charge in [0, 0.05) is 11.3 Å². The molecule has 138 valence electrons. The van der Waals surface area contributed by atoms with Crippen LogP contribution < -0.4 is 10.1 Å². The minimum absolute atomic E-state index is 0.315. The molecular weight excluding hydrogens is 383 g/mol. The molecule has 0 bridgehead atoms. The molecule has 1 aliphatic heterocycles. The molecule has 3 nitrogen and oxygen atoms in total. The lowest BCUT2D eigenvalue weighted by Crippen LogP contribution is -2.17. The van der Waals surface area contributed by atoms with Gasteiger partial charge in [-0.05, 0) is 59.9 Å². The number of amides is 1. The highest BCUT2D eigenvalue weighted by molar-refractivity contribution is 8.16. The third kappa shape index (κ3) is 5.35.